The maximum atomic E-state index is 14.0. The Kier molecular flexibility index (Phi) is 11.8. The zero-order valence-electron chi connectivity index (χ0n) is 30.6. The quantitative estimate of drug-likeness (QED) is 0.111. The molecule has 0 fully saturated rings. The van der Waals surface area contributed by atoms with Gasteiger partial charge in [-0.3, -0.25) is 19.2 Å². The fourth-order valence-electron chi connectivity index (χ4n) is 6.86. The first-order valence-corrected chi connectivity index (χ1v) is 16.9. The molecule has 0 saturated heterocycles. The number of esters is 1. The summed E-state index contributed by atoms with van der Waals surface area (Å²) in [4.78, 5) is 51.8. The van der Waals surface area contributed by atoms with Crippen LogP contribution in [-0.4, -0.2) is 86.8 Å². The van der Waals surface area contributed by atoms with Crippen LogP contribution in [0.3, 0.4) is 0 Å². The van der Waals surface area contributed by atoms with Gasteiger partial charge in [0.25, 0.3) is 11.7 Å². The number of methoxy groups -OCH3 is 1. The van der Waals surface area contributed by atoms with Crippen LogP contribution in [0.5, 0.6) is 23.0 Å². The number of Topliss-reactive ketones (excluding diaryl/α,β-unsaturated/α-hetero) is 1. The lowest BCUT2D eigenvalue weighted by Crippen LogP contribution is -2.46. The highest BCUT2D eigenvalue weighted by Crippen LogP contribution is 2.55. The Morgan fingerprint density at radius 1 is 0.942 bits per heavy atom. The van der Waals surface area contributed by atoms with Gasteiger partial charge in [-0.15, -0.1) is 0 Å². The van der Waals surface area contributed by atoms with E-state index in [0.717, 1.165) is 6.26 Å². The van der Waals surface area contributed by atoms with Crippen molar-refractivity contribution in [2.24, 2.45) is 23.7 Å². The number of allylic oxidation sites excluding steroid dienone is 2. The SMILES string of the molecule is COC1C=COC2(C)Oc3c(C)c(O)c4c(O)c(c(C=O)c(O)c4c3C2=O)NC(=O)C(C)=CC=CC(C)C(O)C(C)C(O)C(C)C(OC(C)=O)C1C. The van der Waals surface area contributed by atoms with Gasteiger partial charge < -0.3 is 49.8 Å². The fraction of sp³-hybridized carbons (Fsp3) is 0.474. The number of nitrogens with one attached hydrogen (secondary N) is 1. The number of rotatable bonds is 3. The van der Waals surface area contributed by atoms with Crippen molar-refractivity contribution in [2.75, 3.05) is 12.4 Å². The van der Waals surface area contributed by atoms with Gasteiger partial charge in [-0.25, -0.2) is 0 Å². The van der Waals surface area contributed by atoms with Gasteiger partial charge in [0.1, 0.15) is 23.4 Å². The zero-order chi connectivity index (χ0) is 39.0. The number of benzene rings is 2. The van der Waals surface area contributed by atoms with E-state index in [1.165, 1.54) is 53.0 Å². The lowest BCUT2D eigenvalue weighted by molar-refractivity contribution is -0.160. The Morgan fingerprint density at radius 3 is 2.19 bits per heavy atom. The molecule has 14 heteroatoms. The average molecular weight is 726 g/mol. The van der Waals surface area contributed by atoms with Crippen molar-refractivity contribution < 1.29 is 63.7 Å². The molecule has 3 aliphatic rings. The second-order valence-corrected chi connectivity index (χ2v) is 13.7. The van der Waals surface area contributed by atoms with Crippen LogP contribution in [0, 0.1) is 30.6 Å². The van der Waals surface area contributed by atoms with Gasteiger partial charge in [0.15, 0.2) is 12.0 Å². The first kappa shape index (κ1) is 39.9. The molecule has 0 saturated carbocycles. The van der Waals surface area contributed by atoms with Crippen molar-refractivity contribution in [2.45, 2.75) is 85.6 Å². The molecule has 5 rings (SSSR count). The molecule has 3 aliphatic heterocycles. The number of phenolic OH excluding ortho intramolecular Hbond substituents is 3. The Bertz CT molecular complexity index is 1860. The van der Waals surface area contributed by atoms with Crippen LogP contribution in [0.2, 0.25) is 0 Å². The van der Waals surface area contributed by atoms with Gasteiger partial charge in [-0.1, -0.05) is 45.9 Å². The van der Waals surface area contributed by atoms with Crippen LogP contribution >= 0.6 is 0 Å². The second kappa shape index (κ2) is 15.4. The summed E-state index contributed by atoms with van der Waals surface area (Å²) in [7, 11) is 1.41. The number of fused-ring (bicyclic) bond motifs is 14. The van der Waals surface area contributed by atoms with E-state index in [2.05, 4.69) is 5.32 Å². The molecule has 2 aromatic carbocycles. The van der Waals surface area contributed by atoms with Crippen LogP contribution in [0.4, 0.5) is 5.69 Å². The molecule has 52 heavy (non-hydrogen) atoms. The highest BCUT2D eigenvalue weighted by Gasteiger charge is 2.50. The Morgan fingerprint density at radius 2 is 1.60 bits per heavy atom. The molecule has 2 aromatic rings. The summed E-state index contributed by atoms with van der Waals surface area (Å²) in [6.07, 6.45) is 3.41. The number of hydrogen-bond acceptors (Lipinski definition) is 13. The number of anilines is 1. The first-order valence-electron chi connectivity index (χ1n) is 16.9. The van der Waals surface area contributed by atoms with Crippen LogP contribution < -0.4 is 10.1 Å². The molecule has 9 unspecified atom stereocenters. The van der Waals surface area contributed by atoms with E-state index in [-0.39, 0.29) is 28.7 Å². The van der Waals surface area contributed by atoms with E-state index in [1.807, 2.05) is 0 Å². The average Bonchev–Trinajstić information content (AvgIpc) is 3.36. The molecular formula is C38H47NO13. The maximum Gasteiger partial charge on any atom is 0.312 e. The normalized spacial score (nSPS) is 30.1. The highest BCUT2D eigenvalue weighted by molar-refractivity contribution is 6.23. The summed E-state index contributed by atoms with van der Waals surface area (Å²) in [5, 5.41) is 58.2. The summed E-state index contributed by atoms with van der Waals surface area (Å²) in [6.45, 7) is 12.2. The summed E-state index contributed by atoms with van der Waals surface area (Å²) in [6, 6.07) is 0. The Hall–Kier alpha value is -4.92. The van der Waals surface area contributed by atoms with Crippen molar-refractivity contribution in [1.82, 2.24) is 0 Å². The van der Waals surface area contributed by atoms with Crippen molar-refractivity contribution in [3.05, 3.63) is 52.8 Å². The van der Waals surface area contributed by atoms with E-state index >= 15 is 0 Å². The number of phenols is 3. The first-order chi connectivity index (χ1) is 24.3. The third-order valence-corrected chi connectivity index (χ3v) is 10.2. The van der Waals surface area contributed by atoms with Gasteiger partial charge in [-0.05, 0) is 19.9 Å². The van der Waals surface area contributed by atoms with E-state index in [0.29, 0.717) is 0 Å². The number of carbonyl (C=O) groups is 4. The van der Waals surface area contributed by atoms with Gasteiger partial charge in [0, 0.05) is 61.2 Å². The van der Waals surface area contributed by atoms with Gasteiger partial charge >= 0.3 is 11.8 Å². The van der Waals surface area contributed by atoms with Crippen molar-refractivity contribution in [1.29, 1.82) is 0 Å². The molecule has 3 heterocycles. The van der Waals surface area contributed by atoms with Crippen LogP contribution in [0.1, 0.15) is 74.7 Å². The lowest BCUT2D eigenvalue weighted by Gasteiger charge is -2.38. The number of ether oxygens (including phenoxy) is 4. The smallest absolute Gasteiger partial charge is 0.312 e. The third-order valence-electron chi connectivity index (χ3n) is 10.2. The number of aliphatic hydroxyl groups excluding tert-OH is 2. The van der Waals surface area contributed by atoms with Crippen molar-refractivity contribution >= 4 is 40.4 Å². The molecule has 1 amide bonds. The standard InChI is InChI=1S/C38H47NO13/c1-16-11-10-12-17(2)37(48)39-28-23(15-40)32(45)25-26(33(28)46)31(44)21(6)35-27(25)36(47)38(8,52-35)50-14-13-24(49-9)18(3)34(51-22(7)41)20(5)30(43)19(4)29(16)42/h10-16,18-20,24,29-30,34,42-46H,1-9H3,(H,39,48). The summed E-state index contributed by atoms with van der Waals surface area (Å²) < 4.78 is 23.1. The summed E-state index contributed by atoms with van der Waals surface area (Å²) >= 11 is 0. The number of carbonyl (C=O) groups excluding carboxylic acids is 4. The minimum Gasteiger partial charge on any atom is -0.507 e. The minimum absolute atomic E-state index is 0.00425. The predicted octanol–water partition coefficient (Wildman–Crippen LogP) is 4.57. The Labute approximate surface area is 301 Å². The van der Waals surface area contributed by atoms with E-state index in [4.69, 9.17) is 18.9 Å². The van der Waals surface area contributed by atoms with E-state index in [1.54, 1.807) is 33.8 Å². The molecule has 14 nitrogen and oxygen atoms in total. The molecular weight excluding hydrogens is 678 g/mol. The van der Waals surface area contributed by atoms with Gasteiger partial charge in [0.2, 0.25) is 0 Å². The molecule has 282 valence electrons. The number of aromatic hydroxyl groups is 3. The van der Waals surface area contributed by atoms with Gasteiger partial charge in [0.05, 0.1) is 46.8 Å². The molecule has 6 N–H and O–H groups in total. The van der Waals surface area contributed by atoms with Crippen molar-refractivity contribution in [3.63, 3.8) is 0 Å². The maximum absolute atomic E-state index is 14.0. The molecule has 5 bridgehead atoms. The van der Waals surface area contributed by atoms with E-state index < -0.39 is 111 Å². The van der Waals surface area contributed by atoms with Crippen LogP contribution in [-0.2, 0) is 23.8 Å². The Balaban J connectivity index is 1.93. The zero-order valence-corrected chi connectivity index (χ0v) is 30.6. The lowest BCUT2D eigenvalue weighted by atomic mass is 9.78. The third kappa shape index (κ3) is 7.10. The number of hydrogen-bond donors (Lipinski definition) is 6. The predicted molar refractivity (Wildman–Crippen MR) is 189 cm³/mol. The molecule has 0 aliphatic carbocycles. The number of aliphatic hydroxyl groups is 2. The van der Waals surface area contributed by atoms with Crippen LogP contribution in [0.15, 0.2) is 36.1 Å². The van der Waals surface area contributed by atoms with Crippen LogP contribution in [0.25, 0.3) is 10.8 Å². The topological polar surface area (TPSA) is 218 Å². The number of ketones is 1. The molecule has 0 radical (unpaired) electrons. The monoisotopic (exact) mass is 725 g/mol. The fourth-order valence-corrected chi connectivity index (χ4v) is 6.86. The molecule has 9 atom stereocenters. The molecule has 0 aromatic heterocycles. The van der Waals surface area contributed by atoms with Gasteiger partial charge in [-0.2, -0.15) is 0 Å². The number of amides is 1. The second-order valence-electron chi connectivity index (χ2n) is 13.7. The summed E-state index contributed by atoms with van der Waals surface area (Å²) in [5.74, 6) is -9.19. The van der Waals surface area contributed by atoms with E-state index in [9.17, 15) is 44.7 Å². The van der Waals surface area contributed by atoms with Crippen molar-refractivity contribution in [3.8, 4) is 23.0 Å². The largest absolute Gasteiger partial charge is 0.507 e. The number of aldehydes is 1. The molecule has 0 spiro atoms. The minimum atomic E-state index is -2.08. The summed E-state index contributed by atoms with van der Waals surface area (Å²) in [5.41, 5.74) is -1.27. The highest BCUT2D eigenvalue weighted by atomic mass is 16.7.